The number of aromatic nitrogens is 1. The molecule has 4 aromatic rings. The lowest BCUT2D eigenvalue weighted by Crippen LogP contribution is -2.37. The molecule has 0 atom stereocenters. The fourth-order valence-corrected chi connectivity index (χ4v) is 4.33. The molecule has 0 spiro atoms. The normalized spacial score (nSPS) is 14.4. The van der Waals surface area contributed by atoms with Crippen LogP contribution in [0.3, 0.4) is 0 Å². The number of oxazole rings is 1. The average molecular weight is 448 g/mol. The number of rotatable bonds is 5. The summed E-state index contributed by atoms with van der Waals surface area (Å²) in [5, 5.41) is 4.69. The van der Waals surface area contributed by atoms with Crippen LogP contribution in [-0.2, 0) is 4.79 Å². The third kappa shape index (κ3) is 4.36. The number of hydrogen-bond donors (Lipinski definition) is 1. The number of esters is 1. The van der Waals surface area contributed by atoms with E-state index in [1.54, 1.807) is 30.3 Å². The van der Waals surface area contributed by atoms with Gasteiger partial charge in [0.2, 0.25) is 0 Å². The molecule has 162 valence electrons. The number of amides is 1. The average Bonchev–Trinajstić information content (AvgIpc) is 3.51. The second-order valence-corrected chi connectivity index (χ2v) is 8.55. The first kappa shape index (κ1) is 20.3. The SMILES string of the molecule is O=C(Nc1ccc(OC(=O)C2CCN(c3nc4ccccc4o3)CC2)cc1)c1cccs1. The summed E-state index contributed by atoms with van der Waals surface area (Å²) < 4.78 is 11.4. The lowest BCUT2D eigenvalue weighted by molar-refractivity contribution is -0.139. The quantitative estimate of drug-likeness (QED) is 0.344. The predicted molar refractivity (Wildman–Crippen MR) is 123 cm³/mol. The molecule has 0 saturated carbocycles. The molecule has 0 unspecified atom stereocenters. The van der Waals surface area contributed by atoms with Crippen molar-refractivity contribution >= 4 is 46.0 Å². The number of hydrogen-bond acceptors (Lipinski definition) is 7. The van der Waals surface area contributed by atoms with Crippen molar-refractivity contribution < 1.29 is 18.7 Å². The second-order valence-electron chi connectivity index (χ2n) is 7.60. The van der Waals surface area contributed by atoms with Gasteiger partial charge in [0.05, 0.1) is 10.8 Å². The molecule has 32 heavy (non-hydrogen) atoms. The zero-order valence-corrected chi connectivity index (χ0v) is 18.0. The summed E-state index contributed by atoms with van der Waals surface area (Å²) in [7, 11) is 0. The highest BCUT2D eigenvalue weighted by Gasteiger charge is 2.28. The van der Waals surface area contributed by atoms with Crippen LogP contribution in [0.2, 0.25) is 0 Å². The molecule has 2 aromatic heterocycles. The Morgan fingerprint density at radius 1 is 1.03 bits per heavy atom. The smallest absolute Gasteiger partial charge is 0.314 e. The zero-order chi connectivity index (χ0) is 21.9. The summed E-state index contributed by atoms with van der Waals surface area (Å²) in [6.45, 7) is 1.36. The molecule has 1 aliphatic rings. The van der Waals surface area contributed by atoms with E-state index in [4.69, 9.17) is 9.15 Å². The van der Waals surface area contributed by atoms with Gasteiger partial charge in [-0.15, -0.1) is 11.3 Å². The summed E-state index contributed by atoms with van der Waals surface area (Å²) in [5.74, 6) is -0.104. The molecule has 8 heteroatoms. The topological polar surface area (TPSA) is 84.7 Å². The lowest BCUT2D eigenvalue weighted by atomic mass is 9.97. The molecule has 3 heterocycles. The third-order valence-corrected chi connectivity index (χ3v) is 6.33. The maximum atomic E-state index is 12.6. The number of carbonyl (C=O) groups is 2. The monoisotopic (exact) mass is 447 g/mol. The van der Waals surface area contributed by atoms with Crippen molar-refractivity contribution in [3.8, 4) is 5.75 Å². The second kappa shape index (κ2) is 8.84. The minimum Gasteiger partial charge on any atom is -0.426 e. The summed E-state index contributed by atoms with van der Waals surface area (Å²) >= 11 is 1.38. The van der Waals surface area contributed by atoms with Gasteiger partial charge in [-0.1, -0.05) is 18.2 Å². The van der Waals surface area contributed by atoms with Crippen molar-refractivity contribution in [2.45, 2.75) is 12.8 Å². The fourth-order valence-electron chi connectivity index (χ4n) is 3.71. The van der Waals surface area contributed by atoms with Crippen molar-refractivity contribution in [3.63, 3.8) is 0 Å². The summed E-state index contributed by atoms with van der Waals surface area (Å²) in [6, 6.07) is 18.7. The molecule has 1 N–H and O–H groups in total. The summed E-state index contributed by atoms with van der Waals surface area (Å²) in [5.41, 5.74) is 2.24. The van der Waals surface area contributed by atoms with Crippen molar-refractivity contribution in [3.05, 3.63) is 70.9 Å². The first-order chi connectivity index (χ1) is 15.7. The van der Waals surface area contributed by atoms with Gasteiger partial charge in [0.1, 0.15) is 11.3 Å². The van der Waals surface area contributed by atoms with Gasteiger partial charge in [0.25, 0.3) is 11.9 Å². The molecule has 2 aromatic carbocycles. The number of benzene rings is 2. The van der Waals surface area contributed by atoms with Crippen molar-refractivity contribution in [2.24, 2.45) is 5.92 Å². The number of nitrogens with one attached hydrogen (secondary N) is 1. The molecule has 1 aliphatic heterocycles. The van der Waals surface area contributed by atoms with E-state index < -0.39 is 0 Å². The van der Waals surface area contributed by atoms with Gasteiger partial charge in [-0.2, -0.15) is 4.98 Å². The molecule has 5 rings (SSSR count). The molecule has 7 nitrogen and oxygen atoms in total. The van der Waals surface area contributed by atoms with E-state index in [2.05, 4.69) is 15.2 Å². The van der Waals surface area contributed by atoms with Gasteiger partial charge in [-0.3, -0.25) is 9.59 Å². The fraction of sp³-hybridized carbons (Fsp3) is 0.208. The highest BCUT2D eigenvalue weighted by Crippen LogP contribution is 2.27. The van der Waals surface area contributed by atoms with Crippen molar-refractivity contribution in [2.75, 3.05) is 23.3 Å². The number of para-hydroxylation sites is 2. The number of ether oxygens (including phenoxy) is 1. The molecule has 0 radical (unpaired) electrons. The van der Waals surface area contributed by atoms with Gasteiger partial charge in [-0.05, 0) is 60.7 Å². The maximum Gasteiger partial charge on any atom is 0.314 e. The Kier molecular flexibility index (Phi) is 5.60. The van der Waals surface area contributed by atoms with E-state index in [0.29, 0.717) is 48.3 Å². The lowest BCUT2D eigenvalue weighted by Gasteiger charge is -2.29. The van der Waals surface area contributed by atoms with E-state index in [0.717, 1.165) is 11.1 Å². The van der Waals surface area contributed by atoms with Crippen LogP contribution in [0.5, 0.6) is 5.75 Å². The minimum absolute atomic E-state index is 0.157. The van der Waals surface area contributed by atoms with E-state index in [9.17, 15) is 9.59 Å². The third-order valence-electron chi connectivity index (χ3n) is 5.46. The molecule has 0 bridgehead atoms. The molecular weight excluding hydrogens is 426 g/mol. The number of thiophene rings is 1. The van der Waals surface area contributed by atoms with Gasteiger partial charge in [-0.25, -0.2) is 0 Å². The molecule has 1 saturated heterocycles. The van der Waals surface area contributed by atoms with E-state index >= 15 is 0 Å². The Morgan fingerprint density at radius 3 is 2.53 bits per heavy atom. The molecule has 0 aliphatic carbocycles. The van der Waals surface area contributed by atoms with Crippen LogP contribution in [0, 0.1) is 5.92 Å². The number of fused-ring (bicyclic) bond motifs is 1. The summed E-state index contributed by atoms with van der Waals surface area (Å²) in [4.78, 5) is 32.0. The number of piperidine rings is 1. The largest absolute Gasteiger partial charge is 0.426 e. The first-order valence-electron chi connectivity index (χ1n) is 10.4. The van der Waals surface area contributed by atoms with Gasteiger partial charge in [0.15, 0.2) is 5.58 Å². The van der Waals surface area contributed by atoms with Crippen LogP contribution in [-0.4, -0.2) is 29.9 Å². The van der Waals surface area contributed by atoms with Crippen LogP contribution in [0.4, 0.5) is 11.7 Å². The van der Waals surface area contributed by atoms with Crippen molar-refractivity contribution in [1.29, 1.82) is 0 Å². The number of carbonyl (C=O) groups excluding carboxylic acids is 2. The molecular formula is C24H21N3O4S. The van der Waals surface area contributed by atoms with Crippen LogP contribution < -0.4 is 15.0 Å². The van der Waals surface area contributed by atoms with Crippen LogP contribution in [0.15, 0.2) is 70.5 Å². The standard InChI is InChI=1S/C24H21N3O4S/c28-22(21-6-3-15-32-21)25-17-7-9-18(10-8-17)30-23(29)16-11-13-27(14-12-16)24-26-19-4-1-2-5-20(19)31-24/h1-10,15-16H,11-14H2,(H,25,28). The van der Waals surface area contributed by atoms with Crippen LogP contribution in [0.25, 0.3) is 11.1 Å². The van der Waals surface area contributed by atoms with E-state index in [-0.39, 0.29) is 17.8 Å². The first-order valence-corrected chi connectivity index (χ1v) is 11.3. The Labute approximate surface area is 188 Å². The zero-order valence-electron chi connectivity index (χ0n) is 17.2. The van der Waals surface area contributed by atoms with Gasteiger partial charge in [0, 0.05) is 18.8 Å². The Bertz CT molecular complexity index is 1190. The molecule has 1 amide bonds. The predicted octanol–water partition coefficient (Wildman–Crippen LogP) is 4.96. The van der Waals surface area contributed by atoms with Gasteiger partial charge >= 0.3 is 5.97 Å². The minimum atomic E-state index is -0.238. The van der Waals surface area contributed by atoms with Crippen LogP contribution in [0.1, 0.15) is 22.5 Å². The maximum absolute atomic E-state index is 12.6. The Morgan fingerprint density at radius 2 is 1.81 bits per heavy atom. The van der Waals surface area contributed by atoms with Crippen LogP contribution >= 0.6 is 11.3 Å². The Hall–Kier alpha value is -3.65. The number of anilines is 2. The van der Waals surface area contributed by atoms with Gasteiger partial charge < -0.3 is 19.4 Å². The highest BCUT2D eigenvalue weighted by molar-refractivity contribution is 7.12. The number of nitrogens with zero attached hydrogens (tertiary/aromatic N) is 2. The van der Waals surface area contributed by atoms with E-state index in [1.807, 2.05) is 35.7 Å². The highest BCUT2D eigenvalue weighted by atomic mass is 32.1. The Balaban J connectivity index is 1.14. The van der Waals surface area contributed by atoms with E-state index in [1.165, 1.54) is 11.3 Å². The van der Waals surface area contributed by atoms with Crippen molar-refractivity contribution in [1.82, 2.24) is 4.98 Å². The summed E-state index contributed by atoms with van der Waals surface area (Å²) in [6.07, 6.45) is 1.35. The molecule has 1 fully saturated rings.